The van der Waals surface area contributed by atoms with Gasteiger partial charge in [-0.2, -0.15) is 21.6 Å². The number of hydrogen-bond acceptors (Lipinski definition) is 4. The maximum atomic E-state index is 12.8. The first-order valence-corrected chi connectivity index (χ1v) is 9.83. The number of esters is 1. The van der Waals surface area contributed by atoms with E-state index >= 15 is 0 Å². The third kappa shape index (κ3) is 4.04. The monoisotopic (exact) mass is 370 g/mol. The summed E-state index contributed by atoms with van der Waals surface area (Å²) in [7, 11) is -4.90. The minimum Gasteiger partial charge on any atom is -0.451 e. The van der Waals surface area contributed by atoms with E-state index in [1.165, 1.54) is 6.42 Å². The predicted molar refractivity (Wildman–Crippen MR) is 77.5 cm³/mol. The molecule has 0 aromatic rings. The molecule has 138 valence electrons. The number of carbonyl (C=O) groups excluding carboxylic acids is 1. The van der Waals surface area contributed by atoms with Crippen LogP contribution in [-0.4, -0.2) is 37.0 Å². The SMILES string of the molecule is O=C(CC1C2CC3CC(C2)CC1C3)O[C@@H](CS(=O)(=O)O)C(F)(F)F. The smallest absolute Gasteiger partial charge is 0.426 e. The highest BCUT2D eigenvalue weighted by molar-refractivity contribution is 7.85. The Hall–Kier alpha value is -0.830. The average Bonchev–Trinajstić information content (AvgIpc) is 2.38. The first kappa shape index (κ1) is 18.0. The van der Waals surface area contributed by atoms with Crippen LogP contribution in [0.4, 0.5) is 13.2 Å². The number of hydrogen-bond donors (Lipinski definition) is 1. The Morgan fingerprint density at radius 3 is 2.00 bits per heavy atom. The van der Waals surface area contributed by atoms with Crippen LogP contribution < -0.4 is 0 Å². The molecule has 0 heterocycles. The fraction of sp³-hybridized carbons (Fsp3) is 0.933. The molecule has 4 saturated carbocycles. The molecule has 4 fully saturated rings. The second-order valence-electron chi connectivity index (χ2n) is 7.57. The van der Waals surface area contributed by atoms with Crippen LogP contribution in [-0.2, 0) is 19.6 Å². The van der Waals surface area contributed by atoms with Gasteiger partial charge in [0, 0.05) is 6.42 Å². The summed E-state index contributed by atoms with van der Waals surface area (Å²) >= 11 is 0. The van der Waals surface area contributed by atoms with Gasteiger partial charge in [0.05, 0.1) is 0 Å². The predicted octanol–water partition coefficient (Wildman–Crippen LogP) is 2.81. The van der Waals surface area contributed by atoms with Crippen molar-refractivity contribution in [2.75, 3.05) is 5.75 Å². The van der Waals surface area contributed by atoms with E-state index in [0.29, 0.717) is 23.7 Å². The minimum atomic E-state index is -5.03. The lowest BCUT2D eigenvalue weighted by Gasteiger charge is -2.54. The fourth-order valence-corrected chi connectivity index (χ4v) is 5.80. The van der Waals surface area contributed by atoms with E-state index < -0.39 is 34.1 Å². The molecule has 0 amide bonds. The maximum Gasteiger partial charge on any atom is 0.426 e. The van der Waals surface area contributed by atoms with Crippen LogP contribution in [0.2, 0.25) is 0 Å². The molecule has 24 heavy (non-hydrogen) atoms. The van der Waals surface area contributed by atoms with Crippen molar-refractivity contribution in [3.8, 4) is 0 Å². The molecule has 4 rings (SSSR count). The van der Waals surface area contributed by atoms with Crippen molar-refractivity contribution in [1.29, 1.82) is 0 Å². The molecule has 1 N–H and O–H groups in total. The standard InChI is InChI=1S/C15H21F3O5S/c16-15(17,18)13(7-24(20,21)22)23-14(19)6-12-10-2-8-1-9(4-10)5-11(12)3-8/h8-13H,1-7H2,(H,20,21,22)/t8?,9?,10?,11?,12?,13-/m0/s1. The lowest BCUT2D eigenvalue weighted by molar-refractivity contribution is -0.216. The highest BCUT2D eigenvalue weighted by atomic mass is 32.2. The summed E-state index contributed by atoms with van der Waals surface area (Å²) in [6, 6.07) is 0. The van der Waals surface area contributed by atoms with Crippen LogP contribution in [0.3, 0.4) is 0 Å². The first-order chi connectivity index (χ1) is 11.0. The molecule has 5 nitrogen and oxygen atoms in total. The Bertz CT molecular complexity index is 573. The molecule has 4 aliphatic carbocycles. The highest BCUT2D eigenvalue weighted by Gasteiger charge is 2.50. The molecule has 0 unspecified atom stereocenters. The van der Waals surface area contributed by atoms with Gasteiger partial charge in [-0.3, -0.25) is 9.35 Å². The average molecular weight is 370 g/mol. The molecular formula is C15H21F3O5S. The number of ether oxygens (including phenoxy) is 1. The van der Waals surface area contributed by atoms with Gasteiger partial charge in [0.15, 0.2) is 0 Å². The second kappa shape index (κ2) is 6.16. The van der Waals surface area contributed by atoms with Crippen LogP contribution in [0.1, 0.15) is 38.5 Å². The number of halogens is 3. The van der Waals surface area contributed by atoms with Gasteiger partial charge in [0.2, 0.25) is 6.10 Å². The summed E-state index contributed by atoms with van der Waals surface area (Å²) in [4.78, 5) is 12.0. The van der Waals surface area contributed by atoms with Crippen LogP contribution in [0.5, 0.6) is 0 Å². The normalized spacial score (nSPS) is 36.6. The van der Waals surface area contributed by atoms with E-state index in [1.807, 2.05) is 0 Å². The molecule has 0 spiro atoms. The van der Waals surface area contributed by atoms with Crippen LogP contribution >= 0.6 is 0 Å². The van der Waals surface area contributed by atoms with Crippen molar-refractivity contribution in [3.05, 3.63) is 0 Å². The van der Waals surface area contributed by atoms with Crippen LogP contribution in [0.15, 0.2) is 0 Å². The Kier molecular flexibility index (Phi) is 4.61. The second-order valence-corrected chi connectivity index (χ2v) is 9.06. The van der Waals surface area contributed by atoms with Crippen molar-refractivity contribution >= 4 is 16.1 Å². The maximum absolute atomic E-state index is 12.8. The van der Waals surface area contributed by atoms with Gasteiger partial charge < -0.3 is 4.74 Å². The zero-order chi connectivity index (χ0) is 17.7. The molecule has 4 bridgehead atoms. The molecule has 0 aromatic carbocycles. The third-order valence-electron chi connectivity index (χ3n) is 5.83. The zero-order valence-electron chi connectivity index (χ0n) is 13.0. The number of rotatable bonds is 5. The Balaban J connectivity index is 1.62. The first-order valence-electron chi connectivity index (χ1n) is 8.22. The van der Waals surface area contributed by atoms with Gasteiger partial charge in [0.1, 0.15) is 5.75 Å². The van der Waals surface area contributed by atoms with Gasteiger partial charge in [-0.15, -0.1) is 0 Å². The lowest BCUT2D eigenvalue weighted by atomic mass is 9.51. The molecule has 4 aliphatic rings. The Morgan fingerprint density at radius 1 is 1.08 bits per heavy atom. The van der Waals surface area contributed by atoms with E-state index in [0.717, 1.165) is 25.7 Å². The van der Waals surface area contributed by atoms with Crippen molar-refractivity contribution in [2.24, 2.45) is 29.6 Å². The van der Waals surface area contributed by atoms with E-state index in [4.69, 9.17) is 4.55 Å². The summed E-state index contributed by atoms with van der Waals surface area (Å²) < 4.78 is 72.9. The minimum absolute atomic E-state index is 0.0323. The third-order valence-corrected chi connectivity index (χ3v) is 6.55. The van der Waals surface area contributed by atoms with Gasteiger partial charge >= 0.3 is 12.1 Å². The van der Waals surface area contributed by atoms with Crippen molar-refractivity contribution in [1.82, 2.24) is 0 Å². The molecule has 0 saturated heterocycles. The van der Waals surface area contributed by atoms with Crippen molar-refractivity contribution in [3.63, 3.8) is 0 Å². The summed E-state index contributed by atoms with van der Waals surface area (Å²) in [5, 5.41) is 0. The Labute approximate surface area is 138 Å². The van der Waals surface area contributed by atoms with E-state index in [-0.39, 0.29) is 12.3 Å². The molecule has 0 aromatic heterocycles. The summed E-state index contributed by atoms with van der Waals surface area (Å²) in [6.07, 6.45) is -2.62. The van der Waals surface area contributed by atoms with E-state index in [1.54, 1.807) is 0 Å². The summed E-state index contributed by atoms with van der Waals surface area (Å²) in [6.45, 7) is 0. The van der Waals surface area contributed by atoms with Crippen LogP contribution in [0.25, 0.3) is 0 Å². The molecule has 0 aliphatic heterocycles. The largest absolute Gasteiger partial charge is 0.451 e. The topological polar surface area (TPSA) is 80.7 Å². The summed E-state index contributed by atoms with van der Waals surface area (Å²) in [5.74, 6) is -0.573. The fourth-order valence-electron chi connectivity index (χ4n) is 5.16. The van der Waals surface area contributed by atoms with E-state index in [9.17, 15) is 26.4 Å². The van der Waals surface area contributed by atoms with Gasteiger partial charge in [-0.05, 0) is 61.7 Å². The van der Waals surface area contributed by atoms with Crippen LogP contribution in [0, 0.1) is 29.6 Å². The van der Waals surface area contributed by atoms with Gasteiger partial charge in [-0.1, -0.05) is 0 Å². The van der Waals surface area contributed by atoms with Gasteiger partial charge in [-0.25, -0.2) is 0 Å². The van der Waals surface area contributed by atoms with Gasteiger partial charge in [0.25, 0.3) is 10.1 Å². The highest BCUT2D eigenvalue weighted by Crippen LogP contribution is 2.57. The Morgan fingerprint density at radius 2 is 1.58 bits per heavy atom. The van der Waals surface area contributed by atoms with E-state index in [2.05, 4.69) is 4.74 Å². The molecular weight excluding hydrogens is 349 g/mol. The number of alkyl halides is 3. The lowest BCUT2D eigenvalue weighted by Crippen LogP contribution is -2.46. The molecule has 1 atom stereocenters. The van der Waals surface area contributed by atoms with Crippen molar-refractivity contribution < 1.29 is 35.7 Å². The number of carbonyl (C=O) groups is 1. The quantitative estimate of drug-likeness (QED) is 0.595. The zero-order valence-corrected chi connectivity index (χ0v) is 13.9. The molecule has 0 radical (unpaired) electrons. The summed E-state index contributed by atoms with van der Waals surface area (Å²) in [5.41, 5.74) is 0. The molecule has 9 heteroatoms. The van der Waals surface area contributed by atoms with Crippen molar-refractivity contribution in [2.45, 2.75) is 50.8 Å².